The van der Waals surface area contributed by atoms with Crippen molar-refractivity contribution in [2.75, 3.05) is 13.6 Å². The molecule has 0 amide bonds. The highest BCUT2D eigenvalue weighted by atomic mass is 32.2. The van der Waals surface area contributed by atoms with E-state index in [1.165, 1.54) is 19.2 Å². The van der Waals surface area contributed by atoms with Crippen LogP contribution in [0, 0.1) is 12.7 Å². The molecule has 0 saturated heterocycles. The molecule has 5 nitrogen and oxygen atoms in total. The van der Waals surface area contributed by atoms with Gasteiger partial charge < -0.3 is 5.11 Å². The van der Waals surface area contributed by atoms with Crippen LogP contribution in [0.4, 0.5) is 4.39 Å². The van der Waals surface area contributed by atoms with Crippen LogP contribution in [0.1, 0.15) is 17.5 Å². The number of carbonyl (C=O) groups is 1. The molecule has 1 rings (SSSR count). The Kier molecular flexibility index (Phi) is 5.02. The van der Waals surface area contributed by atoms with E-state index in [1.54, 1.807) is 13.0 Å². The van der Waals surface area contributed by atoms with E-state index < -0.39 is 27.6 Å². The number of aryl methyl sites for hydroxylation is 1. The number of halogens is 1. The molecule has 7 heteroatoms. The van der Waals surface area contributed by atoms with Gasteiger partial charge >= 0.3 is 5.97 Å². The lowest BCUT2D eigenvalue weighted by Crippen LogP contribution is -2.30. The molecule has 1 N–H and O–H groups in total. The van der Waals surface area contributed by atoms with Gasteiger partial charge in [-0.2, -0.15) is 0 Å². The molecule has 0 spiro atoms. The fourth-order valence-electron chi connectivity index (χ4n) is 1.47. The summed E-state index contributed by atoms with van der Waals surface area (Å²) in [6.45, 7) is 1.57. The van der Waals surface area contributed by atoms with Gasteiger partial charge in [-0.05, 0) is 18.6 Å². The third-order valence-electron chi connectivity index (χ3n) is 2.66. The molecule has 106 valence electrons. The number of hydrogen-bond donors (Lipinski definition) is 1. The minimum absolute atomic E-state index is 0.0766. The van der Waals surface area contributed by atoms with Gasteiger partial charge in [0.15, 0.2) is 0 Å². The summed E-state index contributed by atoms with van der Waals surface area (Å²) in [5.41, 5.74) is 0.783. The zero-order valence-corrected chi connectivity index (χ0v) is 11.6. The first-order valence-electron chi connectivity index (χ1n) is 5.63. The quantitative estimate of drug-likeness (QED) is 0.858. The smallest absolute Gasteiger partial charge is 0.304 e. The number of rotatable bonds is 6. The Balaban J connectivity index is 2.81. The van der Waals surface area contributed by atoms with E-state index in [4.69, 9.17) is 5.11 Å². The second-order valence-electron chi connectivity index (χ2n) is 4.32. The summed E-state index contributed by atoms with van der Waals surface area (Å²) in [6, 6.07) is 4.32. The molecule has 0 radical (unpaired) electrons. The predicted octanol–water partition coefficient (Wildman–Crippen LogP) is 1.37. The van der Waals surface area contributed by atoms with Crippen molar-refractivity contribution in [1.82, 2.24) is 4.31 Å². The highest BCUT2D eigenvalue weighted by Gasteiger charge is 2.20. The Bertz CT molecular complexity index is 571. The molecule has 0 aliphatic heterocycles. The highest BCUT2D eigenvalue weighted by molar-refractivity contribution is 7.88. The topological polar surface area (TPSA) is 74.7 Å². The lowest BCUT2D eigenvalue weighted by molar-refractivity contribution is -0.137. The summed E-state index contributed by atoms with van der Waals surface area (Å²) in [5.74, 6) is -2.13. The second kappa shape index (κ2) is 6.12. The maximum atomic E-state index is 13.6. The first-order chi connectivity index (χ1) is 8.72. The van der Waals surface area contributed by atoms with Crippen molar-refractivity contribution >= 4 is 16.0 Å². The van der Waals surface area contributed by atoms with Crippen molar-refractivity contribution in [2.24, 2.45) is 0 Å². The van der Waals surface area contributed by atoms with Crippen molar-refractivity contribution in [3.8, 4) is 0 Å². The number of nitrogens with zero attached hydrogens (tertiary/aromatic N) is 1. The summed E-state index contributed by atoms with van der Waals surface area (Å²) in [6.07, 6.45) is -0.286. The Morgan fingerprint density at radius 3 is 2.58 bits per heavy atom. The van der Waals surface area contributed by atoms with Crippen LogP contribution in [-0.2, 0) is 20.6 Å². The van der Waals surface area contributed by atoms with Crippen LogP contribution >= 0.6 is 0 Å². The summed E-state index contributed by atoms with van der Waals surface area (Å²) < 4.78 is 38.3. The lowest BCUT2D eigenvalue weighted by atomic mass is 10.2. The molecule has 0 aliphatic rings. The summed E-state index contributed by atoms with van der Waals surface area (Å²) in [7, 11) is -2.43. The van der Waals surface area contributed by atoms with Gasteiger partial charge in [0.25, 0.3) is 0 Å². The third-order valence-corrected chi connectivity index (χ3v) is 4.47. The van der Waals surface area contributed by atoms with Crippen molar-refractivity contribution in [3.05, 3.63) is 35.1 Å². The van der Waals surface area contributed by atoms with Crippen LogP contribution in [0.3, 0.4) is 0 Å². The first kappa shape index (κ1) is 15.6. The van der Waals surface area contributed by atoms with Crippen LogP contribution in [0.15, 0.2) is 18.2 Å². The zero-order chi connectivity index (χ0) is 14.6. The Morgan fingerprint density at radius 2 is 2.05 bits per heavy atom. The molecule has 0 unspecified atom stereocenters. The van der Waals surface area contributed by atoms with Crippen LogP contribution in [0.5, 0.6) is 0 Å². The molecule has 1 aromatic carbocycles. The number of carboxylic acid groups (broad SMARTS) is 1. The zero-order valence-electron chi connectivity index (χ0n) is 10.8. The normalized spacial score (nSPS) is 11.8. The van der Waals surface area contributed by atoms with Crippen LogP contribution < -0.4 is 0 Å². The lowest BCUT2D eigenvalue weighted by Gasteiger charge is -2.16. The highest BCUT2D eigenvalue weighted by Crippen LogP contribution is 2.15. The second-order valence-corrected chi connectivity index (χ2v) is 6.39. The molecule has 0 aromatic heterocycles. The fraction of sp³-hybridized carbons (Fsp3) is 0.417. The molecular formula is C12H16FNO4S. The summed E-state index contributed by atoms with van der Waals surface area (Å²) in [5, 5.41) is 8.51. The van der Waals surface area contributed by atoms with Gasteiger partial charge in [0.05, 0.1) is 12.2 Å². The molecular weight excluding hydrogens is 273 g/mol. The molecule has 0 heterocycles. The fourth-order valence-corrected chi connectivity index (χ4v) is 2.69. The minimum Gasteiger partial charge on any atom is -0.481 e. The number of benzene rings is 1. The van der Waals surface area contributed by atoms with E-state index in [-0.39, 0.29) is 18.5 Å². The molecule has 0 bridgehead atoms. The van der Waals surface area contributed by atoms with Crippen molar-refractivity contribution < 1.29 is 22.7 Å². The maximum absolute atomic E-state index is 13.6. The first-order valence-corrected chi connectivity index (χ1v) is 7.24. The molecule has 0 atom stereocenters. The number of aliphatic carboxylic acids is 1. The van der Waals surface area contributed by atoms with Gasteiger partial charge in [0, 0.05) is 19.2 Å². The summed E-state index contributed by atoms with van der Waals surface area (Å²) >= 11 is 0. The van der Waals surface area contributed by atoms with Gasteiger partial charge in [0.1, 0.15) is 5.82 Å². The molecule has 0 fully saturated rings. The van der Waals surface area contributed by atoms with E-state index in [0.29, 0.717) is 5.56 Å². The Labute approximate surface area is 111 Å². The standard InChI is InChI=1S/C12H16FNO4S/c1-9-3-4-10(11(13)7-9)8-19(17,18)14(2)6-5-12(15)16/h3-4,7H,5-6,8H2,1-2H3,(H,15,16). The van der Waals surface area contributed by atoms with Gasteiger partial charge in [-0.15, -0.1) is 0 Å². The summed E-state index contributed by atoms with van der Waals surface area (Å²) in [4.78, 5) is 10.4. The Morgan fingerprint density at radius 1 is 1.42 bits per heavy atom. The van der Waals surface area contributed by atoms with E-state index in [0.717, 1.165) is 4.31 Å². The van der Waals surface area contributed by atoms with Crippen LogP contribution in [-0.4, -0.2) is 37.4 Å². The molecule has 19 heavy (non-hydrogen) atoms. The minimum atomic E-state index is -3.71. The van der Waals surface area contributed by atoms with Crippen molar-refractivity contribution in [2.45, 2.75) is 19.1 Å². The maximum Gasteiger partial charge on any atom is 0.304 e. The monoisotopic (exact) mass is 289 g/mol. The Hall–Kier alpha value is -1.47. The number of sulfonamides is 1. The predicted molar refractivity (Wildman–Crippen MR) is 68.6 cm³/mol. The van der Waals surface area contributed by atoms with E-state index in [1.807, 2.05) is 0 Å². The SMILES string of the molecule is Cc1ccc(CS(=O)(=O)N(C)CCC(=O)O)c(F)c1. The van der Waals surface area contributed by atoms with E-state index >= 15 is 0 Å². The number of hydrogen-bond acceptors (Lipinski definition) is 3. The van der Waals surface area contributed by atoms with E-state index in [2.05, 4.69) is 0 Å². The molecule has 1 aromatic rings. The van der Waals surface area contributed by atoms with E-state index in [9.17, 15) is 17.6 Å². The van der Waals surface area contributed by atoms with Crippen LogP contribution in [0.25, 0.3) is 0 Å². The molecule has 0 saturated carbocycles. The number of carboxylic acids is 1. The average Bonchev–Trinajstić information content (AvgIpc) is 2.29. The van der Waals surface area contributed by atoms with Crippen molar-refractivity contribution in [3.63, 3.8) is 0 Å². The van der Waals surface area contributed by atoms with Crippen molar-refractivity contribution in [1.29, 1.82) is 0 Å². The largest absolute Gasteiger partial charge is 0.481 e. The van der Waals surface area contributed by atoms with Gasteiger partial charge in [0.2, 0.25) is 10.0 Å². The van der Waals surface area contributed by atoms with Crippen LogP contribution in [0.2, 0.25) is 0 Å². The van der Waals surface area contributed by atoms with Gasteiger partial charge in [-0.3, -0.25) is 4.79 Å². The third kappa shape index (κ3) is 4.60. The van der Waals surface area contributed by atoms with Gasteiger partial charge in [-0.1, -0.05) is 12.1 Å². The molecule has 0 aliphatic carbocycles. The van der Waals surface area contributed by atoms with Gasteiger partial charge in [-0.25, -0.2) is 17.1 Å². The average molecular weight is 289 g/mol.